The summed E-state index contributed by atoms with van der Waals surface area (Å²) in [5.74, 6) is 0.851. The van der Waals surface area contributed by atoms with E-state index in [1.165, 1.54) is 0 Å². The van der Waals surface area contributed by atoms with Crippen LogP contribution in [0.2, 0.25) is 0 Å². The van der Waals surface area contributed by atoms with E-state index in [1.54, 1.807) is 4.68 Å². The fourth-order valence-electron chi connectivity index (χ4n) is 1.74. The molecule has 0 saturated carbocycles. The molecular formula is C14H19BrN4O. The molecule has 0 amide bonds. The van der Waals surface area contributed by atoms with Crippen LogP contribution in [-0.4, -0.2) is 28.1 Å². The third kappa shape index (κ3) is 4.94. The largest absolute Gasteiger partial charge is 0.492 e. The third-order valence-corrected chi connectivity index (χ3v) is 3.20. The van der Waals surface area contributed by atoms with Gasteiger partial charge in [0.2, 0.25) is 0 Å². The standard InChI is InChI=1S/C14H19BrN4O/c1-2-6-16-10-13-11-19(18-17-13)7-8-20-14-5-3-4-12(15)9-14/h3-5,9,11,16H,2,6-8,10H2,1H3. The van der Waals surface area contributed by atoms with Crippen molar-refractivity contribution >= 4 is 15.9 Å². The summed E-state index contributed by atoms with van der Waals surface area (Å²) >= 11 is 3.42. The van der Waals surface area contributed by atoms with E-state index < -0.39 is 0 Å². The first-order valence-corrected chi connectivity index (χ1v) is 7.55. The van der Waals surface area contributed by atoms with Gasteiger partial charge in [-0.3, -0.25) is 0 Å². The van der Waals surface area contributed by atoms with E-state index in [-0.39, 0.29) is 0 Å². The molecule has 108 valence electrons. The van der Waals surface area contributed by atoms with Gasteiger partial charge in [0.05, 0.1) is 12.2 Å². The second kappa shape index (κ2) is 8.01. The molecule has 0 aliphatic rings. The van der Waals surface area contributed by atoms with Crippen LogP contribution in [0.1, 0.15) is 19.0 Å². The number of aromatic nitrogens is 3. The molecular weight excluding hydrogens is 320 g/mol. The summed E-state index contributed by atoms with van der Waals surface area (Å²) in [6.45, 7) is 5.16. The second-order valence-electron chi connectivity index (χ2n) is 4.46. The smallest absolute Gasteiger partial charge is 0.120 e. The molecule has 1 aromatic heterocycles. The lowest BCUT2D eigenvalue weighted by Gasteiger charge is -2.05. The monoisotopic (exact) mass is 338 g/mol. The van der Waals surface area contributed by atoms with Crippen LogP contribution in [0.5, 0.6) is 5.75 Å². The molecule has 0 bridgehead atoms. The van der Waals surface area contributed by atoms with Crippen molar-refractivity contribution < 1.29 is 4.74 Å². The maximum absolute atomic E-state index is 5.66. The second-order valence-corrected chi connectivity index (χ2v) is 5.37. The van der Waals surface area contributed by atoms with Gasteiger partial charge in [-0.25, -0.2) is 4.68 Å². The zero-order chi connectivity index (χ0) is 14.2. The van der Waals surface area contributed by atoms with Crippen LogP contribution in [0.15, 0.2) is 34.9 Å². The minimum absolute atomic E-state index is 0.571. The van der Waals surface area contributed by atoms with Crippen LogP contribution in [0.4, 0.5) is 0 Å². The zero-order valence-electron chi connectivity index (χ0n) is 11.6. The number of nitrogens with zero attached hydrogens (tertiary/aromatic N) is 3. The first kappa shape index (κ1) is 15.0. The Morgan fingerprint density at radius 3 is 3.10 bits per heavy atom. The highest BCUT2D eigenvalue weighted by Gasteiger charge is 2.01. The minimum atomic E-state index is 0.571. The molecule has 0 unspecified atom stereocenters. The molecule has 2 rings (SSSR count). The van der Waals surface area contributed by atoms with Crippen LogP contribution in [0.3, 0.4) is 0 Å². The number of nitrogens with one attached hydrogen (secondary N) is 1. The molecule has 5 nitrogen and oxygen atoms in total. The number of benzene rings is 1. The molecule has 0 fully saturated rings. The molecule has 1 aromatic carbocycles. The average Bonchev–Trinajstić information content (AvgIpc) is 2.87. The Balaban J connectivity index is 1.74. The lowest BCUT2D eigenvalue weighted by molar-refractivity contribution is 0.289. The van der Waals surface area contributed by atoms with Crippen molar-refractivity contribution in [2.24, 2.45) is 0 Å². The highest BCUT2D eigenvalue weighted by atomic mass is 79.9. The van der Waals surface area contributed by atoms with Gasteiger partial charge < -0.3 is 10.1 Å². The van der Waals surface area contributed by atoms with E-state index in [0.29, 0.717) is 13.2 Å². The van der Waals surface area contributed by atoms with E-state index in [1.807, 2.05) is 30.5 Å². The van der Waals surface area contributed by atoms with Gasteiger partial charge in [-0.1, -0.05) is 34.1 Å². The molecule has 0 aliphatic heterocycles. The van der Waals surface area contributed by atoms with Crippen LogP contribution in [0, 0.1) is 0 Å². The number of hydrogen-bond acceptors (Lipinski definition) is 4. The van der Waals surface area contributed by atoms with Crippen molar-refractivity contribution in [2.45, 2.75) is 26.4 Å². The van der Waals surface area contributed by atoms with Gasteiger partial charge in [-0.2, -0.15) is 0 Å². The zero-order valence-corrected chi connectivity index (χ0v) is 13.1. The van der Waals surface area contributed by atoms with Gasteiger partial charge in [-0.05, 0) is 31.2 Å². The van der Waals surface area contributed by atoms with Crippen molar-refractivity contribution in [3.8, 4) is 5.75 Å². The van der Waals surface area contributed by atoms with E-state index in [9.17, 15) is 0 Å². The minimum Gasteiger partial charge on any atom is -0.492 e. The Morgan fingerprint density at radius 2 is 2.30 bits per heavy atom. The maximum atomic E-state index is 5.66. The molecule has 1 heterocycles. The maximum Gasteiger partial charge on any atom is 0.120 e. The highest BCUT2D eigenvalue weighted by Crippen LogP contribution is 2.17. The summed E-state index contributed by atoms with van der Waals surface area (Å²) in [4.78, 5) is 0. The van der Waals surface area contributed by atoms with Gasteiger partial charge >= 0.3 is 0 Å². The molecule has 0 atom stereocenters. The van der Waals surface area contributed by atoms with Gasteiger partial charge in [0.1, 0.15) is 12.4 Å². The predicted octanol–water partition coefficient (Wildman–Crippen LogP) is 2.62. The van der Waals surface area contributed by atoms with Gasteiger partial charge in [0.25, 0.3) is 0 Å². The molecule has 0 aliphatic carbocycles. The molecule has 2 aromatic rings. The number of halogens is 1. The predicted molar refractivity (Wildman–Crippen MR) is 81.7 cm³/mol. The lowest BCUT2D eigenvalue weighted by atomic mass is 10.3. The fraction of sp³-hybridized carbons (Fsp3) is 0.429. The van der Waals surface area contributed by atoms with Crippen LogP contribution >= 0.6 is 15.9 Å². The van der Waals surface area contributed by atoms with Crippen molar-refractivity contribution in [1.29, 1.82) is 0 Å². The summed E-state index contributed by atoms with van der Waals surface area (Å²) in [6, 6.07) is 7.81. The normalized spacial score (nSPS) is 10.7. The van der Waals surface area contributed by atoms with Crippen LogP contribution in [0.25, 0.3) is 0 Å². The first-order chi connectivity index (χ1) is 9.78. The van der Waals surface area contributed by atoms with Crippen molar-refractivity contribution in [3.63, 3.8) is 0 Å². The Labute approximate surface area is 127 Å². The van der Waals surface area contributed by atoms with Gasteiger partial charge in [-0.15, -0.1) is 5.10 Å². The summed E-state index contributed by atoms with van der Waals surface area (Å²) in [7, 11) is 0. The summed E-state index contributed by atoms with van der Waals surface area (Å²) in [6.07, 6.45) is 3.07. The third-order valence-electron chi connectivity index (χ3n) is 2.70. The highest BCUT2D eigenvalue weighted by molar-refractivity contribution is 9.10. The SMILES string of the molecule is CCCNCc1cn(CCOc2cccc(Br)c2)nn1. The van der Waals surface area contributed by atoms with Gasteiger partial charge in [0.15, 0.2) is 0 Å². The number of rotatable bonds is 8. The van der Waals surface area contributed by atoms with E-state index in [2.05, 4.69) is 38.5 Å². The van der Waals surface area contributed by atoms with Crippen molar-refractivity contribution in [1.82, 2.24) is 20.3 Å². The Hall–Kier alpha value is -1.40. The Bertz CT molecular complexity index is 529. The number of ether oxygens (including phenoxy) is 1. The quantitative estimate of drug-likeness (QED) is 0.751. The topological polar surface area (TPSA) is 52.0 Å². The molecule has 20 heavy (non-hydrogen) atoms. The Morgan fingerprint density at radius 1 is 1.40 bits per heavy atom. The van der Waals surface area contributed by atoms with E-state index in [0.717, 1.165) is 35.4 Å². The lowest BCUT2D eigenvalue weighted by Crippen LogP contribution is -2.14. The molecule has 1 N–H and O–H groups in total. The average molecular weight is 339 g/mol. The summed E-state index contributed by atoms with van der Waals surface area (Å²) < 4.78 is 8.48. The van der Waals surface area contributed by atoms with Gasteiger partial charge in [0, 0.05) is 17.2 Å². The fourth-order valence-corrected chi connectivity index (χ4v) is 2.11. The van der Waals surface area contributed by atoms with E-state index in [4.69, 9.17) is 4.74 Å². The first-order valence-electron chi connectivity index (χ1n) is 6.76. The molecule has 6 heteroatoms. The number of hydrogen-bond donors (Lipinski definition) is 1. The van der Waals surface area contributed by atoms with Crippen LogP contribution in [-0.2, 0) is 13.1 Å². The Kier molecular flexibility index (Phi) is 6.01. The summed E-state index contributed by atoms with van der Waals surface area (Å²) in [5, 5.41) is 11.5. The van der Waals surface area contributed by atoms with E-state index >= 15 is 0 Å². The molecule has 0 saturated heterocycles. The summed E-state index contributed by atoms with van der Waals surface area (Å²) in [5.41, 5.74) is 0.959. The van der Waals surface area contributed by atoms with Crippen LogP contribution < -0.4 is 10.1 Å². The van der Waals surface area contributed by atoms with Crippen molar-refractivity contribution in [2.75, 3.05) is 13.2 Å². The van der Waals surface area contributed by atoms with Crippen molar-refractivity contribution in [3.05, 3.63) is 40.6 Å². The molecule has 0 radical (unpaired) electrons. The molecule has 0 spiro atoms.